The normalized spacial score (nSPS) is 26.1. The molecule has 0 spiro atoms. The molecule has 17 heavy (non-hydrogen) atoms. The van der Waals surface area contributed by atoms with Crippen molar-refractivity contribution in [1.82, 2.24) is 5.32 Å². The standard InChI is InChI=1S/C12H19N3O2/c1-4-6-8(3)12(7-5-2)9(13)14-11(17)15-10(12)16/h5,8H,2,4,6-7H2,1,3H3,(H3,13,14,15,16,17). The maximum Gasteiger partial charge on any atom is 0.349 e. The van der Waals surface area contributed by atoms with Crippen LogP contribution < -0.4 is 11.1 Å². The van der Waals surface area contributed by atoms with E-state index in [0.29, 0.717) is 6.42 Å². The van der Waals surface area contributed by atoms with Crippen LogP contribution in [-0.4, -0.2) is 17.8 Å². The lowest BCUT2D eigenvalue weighted by atomic mass is 9.69. The van der Waals surface area contributed by atoms with Crippen LogP contribution in [0.4, 0.5) is 4.79 Å². The maximum absolute atomic E-state index is 12.1. The SMILES string of the molecule is C=CCC1(C(C)CCC)C(=O)NC(=O)N=C1N. The zero-order valence-electron chi connectivity index (χ0n) is 10.3. The molecule has 0 aromatic heterocycles. The number of nitrogens with one attached hydrogen (secondary N) is 1. The van der Waals surface area contributed by atoms with Gasteiger partial charge in [0.05, 0.1) is 0 Å². The molecule has 1 aliphatic heterocycles. The number of urea groups is 1. The van der Waals surface area contributed by atoms with Crippen molar-refractivity contribution in [3.8, 4) is 0 Å². The van der Waals surface area contributed by atoms with E-state index >= 15 is 0 Å². The molecular formula is C12H19N3O2. The van der Waals surface area contributed by atoms with Gasteiger partial charge in [0.2, 0.25) is 5.91 Å². The molecule has 1 heterocycles. The lowest BCUT2D eigenvalue weighted by Crippen LogP contribution is -2.58. The molecule has 0 radical (unpaired) electrons. The van der Waals surface area contributed by atoms with E-state index in [1.165, 1.54) is 0 Å². The average molecular weight is 237 g/mol. The summed E-state index contributed by atoms with van der Waals surface area (Å²) in [7, 11) is 0. The highest BCUT2D eigenvalue weighted by Crippen LogP contribution is 2.37. The minimum Gasteiger partial charge on any atom is -0.386 e. The Morgan fingerprint density at radius 2 is 2.24 bits per heavy atom. The van der Waals surface area contributed by atoms with Crippen LogP contribution in [0.2, 0.25) is 0 Å². The first-order valence-corrected chi connectivity index (χ1v) is 5.80. The summed E-state index contributed by atoms with van der Waals surface area (Å²) >= 11 is 0. The number of allylic oxidation sites excluding steroid dienone is 1. The van der Waals surface area contributed by atoms with E-state index < -0.39 is 11.4 Å². The van der Waals surface area contributed by atoms with Gasteiger partial charge < -0.3 is 5.73 Å². The Labute approximate surface area is 101 Å². The number of nitrogens with zero attached hydrogens (tertiary/aromatic N) is 1. The Morgan fingerprint density at radius 3 is 2.71 bits per heavy atom. The van der Waals surface area contributed by atoms with E-state index in [2.05, 4.69) is 16.9 Å². The molecule has 0 fully saturated rings. The number of carbonyl (C=O) groups excluding carboxylic acids is 2. The van der Waals surface area contributed by atoms with Crippen molar-refractivity contribution in [2.24, 2.45) is 22.1 Å². The first kappa shape index (κ1) is 13.4. The third kappa shape index (κ3) is 2.23. The van der Waals surface area contributed by atoms with Crippen molar-refractivity contribution < 1.29 is 9.59 Å². The summed E-state index contributed by atoms with van der Waals surface area (Å²) < 4.78 is 0. The van der Waals surface area contributed by atoms with Gasteiger partial charge in [-0.2, -0.15) is 4.99 Å². The maximum atomic E-state index is 12.1. The van der Waals surface area contributed by atoms with Gasteiger partial charge in [0.1, 0.15) is 11.3 Å². The van der Waals surface area contributed by atoms with Crippen molar-refractivity contribution in [1.29, 1.82) is 0 Å². The average Bonchev–Trinajstić information content (AvgIpc) is 2.23. The molecular weight excluding hydrogens is 218 g/mol. The Kier molecular flexibility index (Phi) is 4.04. The number of amidine groups is 1. The molecule has 0 aromatic rings. The van der Waals surface area contributed by atoms with Crippen molar-refractivity contribution in [2.45, 2.75) is 33.1 Å². The summed E-state index contributed by atoms with van der Waals surface area (Å²) in [4.78, 5) is 26.9. The van der Waals surface area contributed by atoms with Gasteiger partial charge in [-0.1, -0.05) is 26.3 Å². The van der Waals surface area contributed by atoms with E-state index in [9.17, 15) is 9.59 Å². The molecule has 2 atom stereocenters. The van der Waals surface area contributed by atoms with Crippen LogP contribution in [0.5, 0.6) is 0 Å². The Hall–Kier alpha value is -1.65. The summed E-state index contributed by atoms with van der Waals surface area (Å²) in [5.74, 6) is -0.245. The minimum atomic E-state index is -0.925. The topological polar surface area (TPSA) is 84.5 Å². The largest absolute Gasteiger partial charge is 0.386 e. The highest BCUT2D eigenvalue weighted by Gasteiger charge is 2.48. The van der Waals surface area contributed by atoms with Crippen LogP contribution in [0.3, 0.4) is 0 Å². The van der Waals surface area contributed by atoms with Crippen LogP contribution in [-0.2, 0) is 4.79 Å². The first-order chi connectivity index (χ1) is 7.98. The number of rotatable bonds is 5. The molecule has 3 N–H and O–H groups in total. The number of hydrogen-bond donors (Lipinski definition) is 2. The Balaban J connectivity index is 3.21. The van der Waals surface area contributed by atoms with E-state index in [1.54, 1.807) is 6.08 Å². The van der Waals surface area contributed by atoms with Gasteiger partial charge >= 0.3 is 6.03 Å². The van der Waals surface area contributed by atoms with Crippen LogP contribution in [0, 0.1) is 11.3 Å². The zero-order chi connectivity index (χ0) is 13.1. The summed E-state index contributed by atoms with van der Waals surface area (Å²) in [6.07, 6.45) is 3.81. The molecule has 94 valence electrons. The molecule has 5 nitrogen and oxygen atoms in total. The van der Waals surface area contributed by atoms with Gasteiger partial charge in [-0.25, -0.2) is 4.79 Å². The van der Waals surface area contributed by atoms with Gasteiger partial charge in [0.25, 0.3) is 0 Å². The Morgan fingerprint density at radius 1 is 1.59 bits per heavy atom. The van der Waals surface area contributed by atoms with Crippen LogP contribution >= 0.6 is 0 Å². The van der Waals surface area contributed by atoms with E-state index in [4.69, 9.17) is 5.73 Å². The highest BCUT2D eigenvalue weighted by molar-refractivity contribution is 6.18. The zero-order valence-corrected chi connectivity index (χ0v) is 10.3. The molecule has 1 rings (SSSR count). The van der Waals surface area contributed by atoms with E-state index in [-0.39, 0.29) is 17.7 Å². The van der Waals surface area contributed by atoms with Crippen molar-refractivity contribution in [2.75, 3.05) is 0 Å². The molecule has 2 unspecified atom stereocenters. The second-order valence-corrected chi connectivity index (χ2v) is 4.41. The minimum absolute atomic E-state index is 0.0161. The lowest BCUT2D eigenvalue weighted by Gasteiger charge is -2.38. The predicted octanol–water partition coefficient (Wildman–Crippen LogP) is 1.59. The lowest BCUT2D eigenvalue weighted by molar-refractivity contribution is -0.128. The second kappa shape index (κ2) is 5.12. The summed E-state index contributed by atoms with van der Waals surface area (Å²) in [5, 5.41) is 2.23. The fraction of sp³-hybridized carbons (Fsp3) is 0.583. The fourth-order valence-electron chi connectivity index (χ4n) is 2.34. The van der Waals surface area contributed by atoms with Gasteiger partial charge in [-0.05, 0) is 18.8 Å². The number of aliphatic imine (C=N–C) groups is 1. The van der Waals surface area contributed by atoms with Crippen LogP contribution in [0.15, 0.2) is 17.6 Å². The number of hydrogen-bond acceptors (Lipinski definition) is 3. The Bertz CT molecular complexity index is 376. The molecule has 3 amide bonds. The second-order valence-electron chi connectivity index (χ2n) is 4.41. The number of carbonyl (C=O) groups is 2. The third-order valence-electron chi connectivity index (χ3n) is 3.33. The first-order valence-electron chi connectivity index (χ1n) is 5.80. The molecule has 0 aromatic carbocycles. The molecule has 0 bridgehead atoms. The predicted molar refractivity (Wildman–Crippen MR) is 66.5 cm³/mol. The van der Waals surface area contributed by atoms with Crippen LogP contribution in [0.25, 0.3) is 0 Å². The molecule has 1 aliphatic rings. The molecule has 0 saturated heterocycles. The van der Waals surface area contributed by atoms with Gasteiger partial charge in [0.15, 0.2) is 0 Å². The van der Waals surface area contributed by atoms with Gasteiger partial charge in [-0.3, -0.25) is 10.1 Å². The summed E-state index contributed by atoms with van der Waals surface area (Å²) in [6, 6.07) is -0.684. The van der Waals surface area contributed by atoms with Crippen molar-refractivity contribution in [3.63, 3.8) is 0 Å². The van der Waals surface area contributed by atoms with Crippen LogP contribution in [0.1, 0.15) is 33.1 Å². The number of amides is 3. The smallest absolute Gasteiger partial charge is 0.349 e. The highest BCUT2D eigenvalue weighted by atomic mass is 16.2. The third-order valence-corrected chi connectivity index (χ3v) is 3.33. The van der Waals surface area contributed by atoms with Gasteiger partial charge in [0, 0.05) is 0 Å². The summed E-state index contributed by atoms with van der Waals surface area (Å²) in [6.45, 7) is 7.64. The number of imide groups is 1. The van der Waals surface area contributed by atoms with Crippen molar-refractivity contribution in [3.05, 3.63) is 12.7 Å². The van der Waals surface area contributed by atoms with E-state index in [0.717, 1.165) is 12.8 Å². The molecule has 5 heteroatoms. The summed E-state index contributed by atoms with van der Waals surface area (Å²) in [5.41, 5.74) is 4.91. The molecule has 0 aliphatic carbocycles. The van der Waals surface area contributed by atoms with Gasteiger partial charge in [-0.15, -0.1) is 6.58 Å². The fourth-order valence-corrected chi connectivity index (χ4v) is 2.34. The molecule has 0 saturated carbocycles. The quantitative estimate of drug-likeness (QED) is 0.712. The monoisotopic (exact) mass is 237 g/mol. The van der Waals surface area contributed by atoms with E-state index in [1.807, 2.05) is 13.8 Å². The number of nitrogens with two attached hydrogens (primary N) is 1. The van der Waals surface area contributed by atoms with Crippen molar-refractivity contribution >= 4 is 17.8 Å².